The lowest BCUT2D eigenvalue weighted by Crippen LogP contribution is -2.54. The molecular formula is C45H77N7O6. The van der Waals surface area contributed by atoms with E-state index in [1.807, 2.05) is 58.5 Å². The van der Waals surface area contributed by atoms with Gasteiger partial charge in [-0.2, -0.15) is 0 Å². The van der Waals surface area contributed by atoms with Gasteiger partial charge >= 0.3 is 0 Å². The fraction of sp³-hybridized carbons (Fsp3) is 0.778. The number of azide groups is 1. The molecule has 3 amide bonds. The molecule has 0 radical (unpaired) electrons. The zero-order valence-electron chi connectivity index (χ0n) is 38.2. The van der Waals surface area contributed by atoms with E-state index in [9.17, 15) is 19.2 Å². The maximum Gasteiger partial charge on any atom is 0.226 e. The summed E-state index contributed by atoms with van der Waals surface area (Å²) in [6.45, 7) is 18.9. The smallest absolute Gasteiger partial charge is 0.226 e. The number of rotatable bonds is 25. The third-order valence-corrected chi connectivity index (χ3v) is 12.2. The number of nitrogens with zero attached hydrogens (tertiary/aromatic N) is 6. The molecule has 9 atom stereocenters. The molecule has 1 aromatic carbocycles. The molecule has 0 aromatic heterocycles. The molecule has 0 saturated carbocycles. The van der Waals surface area contributed by atoms with Crippen molar-refractivity contribution in [1.29, 1.82) is 0 Å². The lowest BCUT2D eigenvalue weighted by Gasteiger charge is -2.41. The maximum atomic E-state index is 14.3. The van der Waals surface area contributed by atoms with Crippen LogP contribution in [0.5, 0.6) is 0 Å². The van der Waals surface area contributed by atoms with Gasteiger partial charge in [0.15, 0.2) is 5.78 Å². The molecule has 1 saturated heterocycles. The van der Waals surface area contributed by atoms with E-state index in [1.54, 1.807) is 26.2 Å². The Kier molecular flexibility index (Phi) is 21.4. The number of benzene rings is 1. The molecule has 1 fully saturated rings. The zero-order chi connectivity index (χ0) is 43.9. The molecule has 58 heavy (non-hydrogen) atoms. The SMILES string of the molecule is CC[C@H](C)[C@@H]([C@@H](CC(=O)N1CCC[C@H]1[C@H](OC)[C@@H](C)C(=O)N[C@H](CN=[N+]=[N-])Cc1ccc(CC(C)C)cc1)OC)N(C)C(=O)[C@@H](CC(=O)[C@H](C(C)C)N(C)C)C(C)C. The molecule has 0 spiro atoms. The number of Topliss-reactive ketones (excluding diaryl/α,β-unsaturated/α-hetero) is 1. The van der Waals surface area contributed by atoms with E-state index in [-0.39, 0.29) is 72.7 Å². The highest BCUT2D eigenvalue weighted by Crippen LogP contribution is 2.31. The van der Waals surface area contributed by atoms with Crippen molar-refractivity contribution >= 4 is 23.5 Å². The molecule has 2 rings (SSSR count). The molecule has 1 aromatic rings. The van der Waals surface area contributed by atoms with Crippen LogP contribution in [0.25, 0.3) is 10.4 Å². The summed E-state index contributed by atoms with van der Waals surface area (Å²) in [4.78, 5) is 64.5. The van der Waals surface area contributed by atoms with Crippen LogP contribution in [-0.4, -0.2) is 123 Å². The van der Waals surface area contributed by atoms with Gasteiger partial charge in [-0.05, 0) is 80.1 Å². The van der Waals surface area contributed by atoms with Gasteiger partial charge in [-0.15, -0.1) is 0 Å². The molecule has 328 valence electrons. The van der Waals surface area contributed by atoms with Gasteiger partial charge in [0.25, 0.3) is 0 Å². The number of carbonyl (C=O) groups excluding carboxylic acids is 4. The average Bonchev–Trinajstić information content (AvgIpc) is 3.65. The summed E-state index contributed by atoms with van der Waals surface area (Å²) in [5, 5.41) is 6.89. The van der Waals surface area contributed by atoms with Crippen LogP contribution in [0.3, 0.4) is 0 Å². The van der Waals surface area contributed by atoms with Gasteiger partial charge in [-0.1, -0.05) is 98.1 Å². The average molecular weight is 812 g/mol. The second-order valence-electron chi connectivity index (χ2n) is 18.0. The number of carbonyl (C=O) groups is 4. The quantitative estimate of drug-likeness (QED) is 0.0636. The summed E-state index contributed by atoms with van der Waals surface area (Å²) in [5.41, 5.74) is 11.4. The van der Waals surface area contributed by atoms with Crippen LogP contribution in [0.1, 0.15) is 106 Å². The first kappa shape index (κ1) is 50.6. The Bertz CT molecular complexity index is 1490. The summed E-state index contributed by atoms with van der Waals surface area (Å²) >= 11 is 0. The van der Waals surface area contributed by atoms with Gasteiger partial charge < -0.3 is 24.6 Å². The monoisotopic (exact) mass is 812 g/mol. The van der Waals surface area contributed by atoms with E-state index < -0.39 is 36.1 Å². The van der Waals surface area contributed by atoms with Crippen molar-refractivity contribution in [1.82, 2.24) is 20.0 Å². The van der Waals surface area contributed by atoms with Crippen molar-refractivity contribution in [2.24, 2.45) is 40.6 Å². The van der Waals surface area contributed by atoms with Crippen molar-refractivity contribution in [2.45, 2.75) is 144 Å². The van der Waals surface area contributed by atoms with E-state index in [2.05, 4.69) is 67.3 Å². The first-order valence-corrected chi connectivity index (χ1v) is 21.5. The lowest BCUT2D eigenvalue weighted by molar-refractivity contribution is -0.149. The first-order valence-electron chi connectivity index (χ1n) is 21.5. The van der Waals surface area contributed by atoms with E-state index in [4.69, 9.17) is 15.0 Å². The minimum absolute atomic E-state index is 0.00140. The zero-order valence-corrected chi connectivity index (χ0v) is 38.2. The van der Waals surface area contributed by atoms with E-state index >= 15 is 0 Å². The van der Waals surface area contributed by atoms with Crippen LogP contribution in [0.2, 0.25) is 0 Å². The summed E-state index contributed by atoms with van der Waals surface area (Å²) in [6, 6.07) is 6.85. The second-order valence-corrected chi connectivity index (χ2v) is 18.0. The van der Waals surface area contributed by atoms with Crippen LogP contribution >= 0.6 is 0 Å². The minimum Gasteiger partial charge on any atom is -0.379 e. The van der Waals surface area contributed by atoms with Gasteiger partial charge in [0.2, 0.25) is 17.7 Å². The number of ether oxygens (including phenoxy) is 2. The van der Waals surface area contributed by atoms with Crippen LogP contribution in [0.15, 0.2) is 29.4 Å². The number of likely N-dealkylation sites (tertiary alicyclic amines) is 1. The summed E-state index contributed by atoms with van der Waals surface area (Å²) in [7, 11) is 8.72. The van der Waals surface area contributed by atoms with Crippen molar-refractivity contribution in [3.05, 3.63) is 45.8 Å². The fourth-order valence-corrected chi connectivity index (χ4v) is 8.97. The predicted octanol–water partition coefficient (Wildman–Crippen LogP) is 6.96. The number of ketones is 1. The Labute approximate surface area is 349 Å². The van der Waals surface area contributed by atoms with Crippen LogP contribution in [0, 0.1) is 35.5 Å². The van der Waals surface area contributed by atoms with Crippen LogP contribution in [0.4, 0.5) is 0 Å². The third-order valence-electron chi connectivity index (χ3n) is 12.2. The summed E-state index contributed by atoms with van der Waals surface area (Å²) in [6.07, 6.45) is 2.67. The normalized spacial score (nSPS) is 18.7. The molecule has 1 heterocycles. The number of methoxy groups -OCH3 is 2. The number of likely N-dealkylation sites (N-methyl/N-ethyl adjacent to an activating group) is 2. The summed E-state index contributed by atoms with van der Waals surface area (Å²) in [5.74, 6) is -0.982. The number of nitrogens with one attached hydrogen (secondary N) is 1. The largest absolute Gasteiger partial charge is 0.379 e. The van der Waals surface area contributed by atoms with Crippen LogP contribution < -0.4 is 5.32 Å². The Morgan fingerprint density at radius 2 is 1.52 bits per heavy atom. The highest BCUT2D eigenvalue weighted by molar-refractivity contribution is 5.90. The van der Waals surface area contributed by atoms with Gasteiger partial charge in [-0.25, -0.2) is 0 Å². The number of hydrogen-bond acceptors (Lipinski definition) is 8. The Morgan fingerprint density at radius 1 is 0.914 bits per heavy atom. The molecule has 0 unspecified atom stereocenters. The van der Waals surface area contributed by atoms with Crippen LogP contribution in [-0.2, 0) is 41.5 Å². The second kappa shape index (κ2) is 24.5. The van der Waals surface area contributed by atoms with Gasteiger partial charge in [0.05, 0.1) is 42.7 Å². The van der Waals surface area contributed by atoms with Gasteiger partial charge in [-0.3, -0.25) is 24.1 Å². The maximum absolute atomic E-state index is 14.3. The van der Waals surface area contributed by atoms with Crippen molar-refractivity contribution in [3.63, 3.8) is 0 Å². The lowest BCUT2D eigenvalue weighted by atomic mass is 9.83. The van der Waals surface area contributed by atoms with E-state index in [0.717, 1.165) is 24.8 Å². The molecule has 1 N–H and O–H groups in total. The van der Waals surface area contributed by atoms with Gasteiger partial charge in [0, 0.05) is 57.6 Å². The topological polar surface area (TPSA) is 157 Å². The molecule has 1 aliphatic rings. The fourth-order valence-electron chi connectivity index (χ4n) is 8.97. The van der Waals surface area contributed by atoms with Crippen molar-refractivity contribution in [2.75, 3.05) is 48.5 Å². The molecule has 13 heteroatoms. The standard InChI is InChI=1S/C45H77N7O6/c1-15-31(8)42(51(12)45(56)36(29(4)5)25-38(53)41(30(6)7)50(10)11)39(57-13)26-40(54)52-22-16-17-37(52)43(58-14)32(9)44(55)48-35(27-47-49-46)24-34-20-18-33(19-21-34)23-28(2)3/h18-21,28-32,35-37,39,41-43H,15-17,22-27H2,1-14H3,(H,48,55)/t31-,32+,35-,36-,37-,39+,41-,42-,43+/m0/s1. The van der Waals surface area contributed by atoms with E-state index in [0.29, 0.717) is 25.3 Å². The van der Waals surface area contributed by atoms with Gasteiger partial charge in [0.1, 0.15) is 0 Å². The molecule has 0 aliphatic carbocycles. The summed E-state index contributed by atoms with van der Waals surface area (Å²) < 4.78 is 12.1. The van der Waals surface area contributed by atoms with Crippen molar-refractivity contribution in [3.8, 4) is 0 Å². The molecule has 0 bridgehead atoms. The Morgan fingerprint density at radius 3 is 2.00 bits per heavy atom. The number of amides is 3. The first-order chi connectivity index (χ1) is 27.3. The molecular weight excluding hydrogens is 735 g/mol. The predicted molar refractivity (Wildman–Crippen MR) is 231 cm³/mol. The van der Waals surface area contributed by atoms with Crippen molar-refractivity contribution < 1.29 is 28.7 Å². The third kappa shape index (κ3) is 14.3. The Hall–Kier alpha value is -3.51. The highest BCUT2D eigenvalue weighted by atomic mass is 16.5. The molecule has 13 nitrogen and oxygen atoms in total. The van der Waals surface area contributed by atoms with E-state index in [1.165, 1.54) is 5.56 Å². The minimum atomic E-state index is -0.612. The Balaban J connectivity index is 2.27. The molecule has 1 aliphatic heterocycles. The highest BCUT2D eigenvalue weighted by Gasteiger charge is 2.43. The number of hydrogen-bond donors (Lipinski definition) is 1.